The second-order valence-corrected chi connectivity index (χ2v) is 5.66. The van der Waals surface area contributed by atoms with Gasteiger partial charge in [0, 0.05) is 6.54 Å². The molecule has 0 radical (unpaired) electrons. The first-order valence-corrected chi connectivity index (χ1v) is 6.11. The zero-order valence-corrected chi connectivity index (χ0v) is 9.26. The minimum atomic E-state index is -3.16. The molecule has 0 bridgehead atoms. The van der Waals surface area contributed by atoms with Crippen molar-refractivity contribution in [3.63, 3.8) is 0 Å². The lowest BCUT2D eigenvalue weighted by Gasteiger charge is -2.11. The van der Waals surface area contributed by atoms with E-state index in [0.29, 0.717) is 19.4 Å². The maximum absolute atomic E-state index is 11.2. The number of aliphatic hydroxyl groups excluding tert-OH is 1. The predicted octanol–water partition coefficient (Wildman–Crippen LogP) is 0.475. The first kappa shape index (κ1) is 12.9. The van der Waals surface area contributed by atoms with Crippen LogP contribution in [0.25, 0.3) is 0 Å². The van der Waals surface area contributed by atoms with E-state index in [4.69, 9.17) is 5.11 Å². The highest BCUT2D eigenvalue weighted by Crippen LogP contribution is 1.98. The maximum atomic E-state index is 11.2. The van der Waals surface area contributed by atoms with Crippen LogP contribution in [0.1, 0.15) is 33.6 Å². The summed E-state index contributed by atoms with van der Waals surface area (Å²) in [5.41, 5.74) is 0. The van der Waals surface area contributed by atoms with Gasteiger partial charge in [-0.2, -0.15) is 0 Å². The number of nitrogens with one attached hydrogen (secondary N) is 1. The lowest BCUT2D eigenvalue weighted by Crippen LogP contribution is -2.32. The quantitative estimate of drug-likeness (QED) is 0.668. The second-order valence-electron chi connectivity index (χ2n) is 3.34. The van der Waals surface area contributed by atoms with Gasteiger partial charge >= 0.3 is 0 Å². The molecule has 5 heteroatoms. The fraction of sp³-hybridized carbons (Fsp3) is 1.00. The number of aliphatic hydroxyl groups is 1. The highest BCUT2D eigenvalue weighted by Gasteiger charge is 2.14. The van der Waals surface area contributed by atoms with Crippen LogP contribution in [0.4, 0.5) is 0 Å². The molecular formula is C8H19NO3S. The van der Waals surface area contributed by atoms with Crippen LogP contribution in [0.2, 0.25) is 0 Å². The summed E-state index contributed by atoms with van der Waals surface area (Å²) in [4.78, 5) is 0. The van der Waals surface area contributed by atoms with E-state index in [9.17, 15) is 8.42 Å². The zero-order chi connectivity index (χ0) is 10.5. The summed E-state index contributed by atoms with van der Waals surface area (Å²) < 4.78 is 24.9. The minimum Gasteiger partial charge on any atom is -0.393 e. The molecular weight excluding hydrogens is 190 g/mol. The van der Waals surface area contributed by atoms with Gasteiger partial charge in [-0.15, -0.1) is 0 Å². The molecule has 0 aromatic rings. The van der Waals surface area contributed by atoms with Gasteiger partial charge in [0.15, 0.2) is 0 Å². The summed E-state index contributed by atoms with van der Waals surface area (Å²) in [6.07, 6.45) is 0.723. The van der Waals surface area contributed by atoms with Gasteiger partial charge in [-0.05, 0) is 26.7 Å². The molecule has 13 heavy (non-hydrogen) atoms. The molecule has 80 valence electrons. The van der Waals surface area contributed by atoms with E-state index in [1.165, 1.54) is 0 Å². The van der Waals surface area contributed by atoms with E-state index >= 15 is 0 Å². The van der Waals surface area contributed by atoms with Crippen molar-refractivity contribution in [2.24, 2.45) is 0 Å². The normalized spacial score (nSPS) is 14.8. The first-order chi connectivity index (χ1) is 5.90. The van der Waals surface area contributed by atoms with Crippen LogP contribution in [-0.2, 0) is 10.0 Å². The van der Waals surface area contributed by atoms with E-state index in [1.54, 1.807) is 13.8 Å². The Morgan fingerprint density at radius 2 is 1.92 bits per heavy atom. The summed E-state index contributed by atoms with van der Waals surface area (Å²) in [6, 6.07) is 0. The highest BCUT2D eigenvalue weighted by atomic mass is 32.2. The molecule has 0 fully saturated rings. The number of hydrogen-bond acceptors (Lipinski definition) is 3. The molecule has 0 rings (SSSR count). The van der Waals surface area contributed by atoms with Gasteiger partial charge in [-0.25, -0.2) is 13.1 Å². The Morgan fingerprint density at radius 3 is 2.31 bits per heavy atom. The summed E-state index contributed by atoms with van der Waals surface area (Å²) in [7, 11) is -3.16. The molecule has 0 aliphatic rings. The molecule has 1 unspecified atom stereocenters. The molecule has 1 atom stereocenters. The fourth-order valence-electron chi connectivity index (χ4n) is 0.739. The van der Waals surface area contributed by atoms with Crippen LogP contribution in [-0.4, -0.2) is 31.4 Å². The summed E-state index contributed by atoms with van der Waals surface area (Å²) >= 11 is 0. The molecule has 0 amide bonds. The molecule has 4 nitrogen and oxygen atoms in total. The molecule has 0 aliphatic heterocycles. The van der Waals surface area contributed by atoms with E-state index in [0.717, 1.165) is 0 Å². The molecule has 0 aromatic heterocycles. The standard InChI is InChI=1S/C8H19NO3S/c1-4-8(10)5-6-9-13(11,12)7(2)3/h7-10H,4-6H2,1-3H3. The van der Waals surface area contributed by atoms with Gasteiger partial charge in [-0.3, -0.25) is 0 Å². The van der Waals surface area contributed by atoms with Crippen molar-refractivity contribution in [3.8, 4) is 0 Å². The summed E-state index contributed by atoms with van der Waals surface area (Å²) in [5, 5.41) is 8.75. The number of rotatable bonds is 6. The smallest absolute Gasteiger partial charge is 0.213 e. The lowest BCUT2D eigenvalue weighted by atomic mass is 10.2. The first-order valence-electron chi connectivity index (χ1n) is 4.56. The Hall–Kier alpha value is -0.130. The number of hydrogen-bond donors (Lipinski definition) is 2. The average molecular weight is 209 g/mol. The third-order valence-electron chi connectivity index (χ3n) is 1.87. The van der Waals surface area contributed by atoms with E-state index in [-0.39, 0.29) is 0 Å². The van der Waals surface area contributed by atoms with Crippen molar-refractivity contribution in [3.05, 3.63) is 0 Å². The minimum absolute atomic E-state index is 0.315. The van der Waals surface area contributed by atoms with Crippen LogP contribution in [0.5, 0.6) is 0 Å². The van der Waals surface area contributed by atoms with E-state index in [1.807, 2.05) is 6.92 Å². The maximum Gasteiger partial charge on any atom is 0.213 e. The van der Waals surface area contributed by atoms with Crippen molar-refractivity contribution in [2.45, 2.75) is 45.0 Å². The molecule has 2 N–H and O–H groups in total. The van der Waals surface area contributed by atoms with Crippen molar-refractivity contribution >= 4 is 10.0 Å². The Balaban J connectivity index is 3.78. The predicted molar refractivity (Wildman–Crippen MR) is 53.0 cm³/mol. The Kier molecular flexibility index (Phi) is 5.51. The zero-order valence-electron chi connectivity index (χ0n) is 8.45. The van der Waals surface area contributed by atoms with Crippen LogP contribution >= 0.6 is 0 Å². The lowest BCUT2D eigenvalue weighted by molar-refractivity contribution is 0.162. The van der Waals surface area contributed by atoms with E-state index < -0.39 is 21.4 Å². The van der Waals surface area contributed by atoms with Crippen molar-refractivity contribution in [1.29, 1.82) is 0 Å². The monoisotopic (exact) mass is 209 g/mol. The van der Waals surface area contributed by atoms with E-state index in [2.05, 4.69) is 4.72 Å². The molecule has 0 saturated carbocycles. The Labute approximate surface area is 80.4 Å². The van der Waals surface area contributed by atoms with Gasteiger partial charge in [-0.1, -0.05) is 6.92 Å². The van der Waals surface area contributed by atoms with Crippen LogP contribution in [0.15, 0.2) is 0 Å². The average Bonchev–Trinajstić information content (AvgIpc) is 2.03. The largest absolute Gasteiger partial charge is 0.393 e. The molecule has 0 spiro atoms. The van der Waals surface area contributed by atoms with Crippen molar-refractivity contribution in [2.75, 3.05) is 6.54 Å². The summed E-state index contributed by atoms with van der Waals surface area (Å²) in [5.74, 6) is 0. The van der Waals surface area contributed by atoms with Gasteiger partial charge in [0.05, 0.1) is 11.4 Å². The molecule has 0 saturated heterocycles. The topological polar surface area (TPSA) is 66.4 Å². The van der Waals surface area contributed by atoms with Crippen LogP contribution in [0.3, 0.4) is 0 Å². The van der Waals surface area contributed by atoms with Crippen molar-refractivity contribution < 1.29 is 13.5 Å². The van der Waals surface area contributed by atoms with Gasteiger partial charge in [0.25, 0.3) is 0 Å². The van der Waals surface area contributed by atoms with Crippen LogP contribution in [0, 0.1) is 0 Å². The summed E-state index contributed by atoms with van der Waals surface area (Å²) in [6.45, 7) is 5.42. The van der Waals surface area contributed by atoms with Gasteiger partial charge in [0.2, 0.25) is 10.0 Å². The third-order valence-corrected chi connectivity index (χ3v) is 3.72. The Bertz CT molecular complexity index is 224. The molecule has 0 heterocycles. The number of sulfonamides is 1. The van der Waals surface area contributed by atoms with Gasteiger partial charge in [0.1, 0.15) is 0 Å². The fourth-order valence-corrected chi connectivity index (χ4v) is 1.47. The molecule has 0 aromatic carbocycles. The van der Waals surface area contributed by atoms with Crippen molar-refractivity contribution in [1.82, 2.24) is 4.72 Å². The highest BCUT2D eigenvalue weighted by molar-refractivity contribution is 7.90. The second kappa shape index (κ2) is 5.57. The van der Waals surface area contributed by atoms with Gasteiger partial charge < -0.3 is 5.11 Å². The van der Waals surface area contributed by atoms with Crippen LogP contribution < -0.4 is 4.72 Å². The Morgan fingerprint density at radius 1 is 1.38 bits per heavy atom. The SMILES string of the molecule is CCC(O)CCNS(=O)(=O)C(C)C. The molecule has 0 aliphatic carbocycles. The third kappa shape index (κ3) is 5.23.